The molecule has 0 atom stereocenters. The number of hydrogen-bond donors (Lipinski definition) is 1. The summed E-state index contributed by atoms with van der Waals surface area (Å²) in [6.07, 6.45) is 3.11. The van der Waals surface area contributed by atoms with Crippen molar-refractivity contribution in [3.8, 4) is 5.75 Å². The number of nitrogens with one attached hydrogen (secondary N) is 1. The highest BCUT2D eigenvalue weighted by molar-refractivity contribution is 7.17. The van der Waals surface area contributed by atoms with Gasteiger partial charge in [-0.2, -0.15) is 0 Å². The minimum atomic E-state index is -0.407. The minimum Gasteiger partial charge on any atom is -0.496 e. The van der Waals surface area contributed by atoms with Crippen molar-refractivity contribution < 1.29 is 14.3 Å². The highest BCUT2D eigenvalue weighted by Gasteiger charge is 2.16. The third-order valence-electron chi connectivity index (χ3n) is 6.22. The number of amides is 1. The number of rotatable bonds is 12. The molecule has 0 bridgehead atoms. The molecule has 2 aromatic heterocycles. The summed E-state index contributed by atoms with van der Waals surface area (Å²) >= 11 is 1.30. The Bertz CT molecular complexity index is 1500. The molecule has 0 aliphatic heterocycles. The average molecular weight is 520 g/mol. The lowest BCUT2D eigenvalue weighted by atomic mass is 10.1. The van der Waals surface area contributed by atoms with E-state index in [-0.39, 0.29) is 24.6 Å². The van der Waals surface area contributed by atoms with Gasteiger partial charge in [0, 0.05) is 30.6 Å². The maximum atomic E-state index is 13.4. The van der Waals surface area contributed by atoms with Crippen LogP contribution in [0.5, 0.6) is 5.75 Å². The monoisotopic (exact) mass is 519 g/mol. The van der Waals surface area contributed by atoms with E-state index in [2.05, 4.69) is 5.32 Å². The van der Waals surface area contributed by atoms with Gasteiger partial charge >= 0.3 is 5.69 Å². The van der Waals surface area contributed by atoms with Gasteiger partial charge in [0.2, 0.25) is 5.91 Å². The summed E-state index contributed by atoms with van der Waals surface area (Å²) in [6, 6.07) is 16.5. The Morgan fingerprint density at radius 1 is 1.03 bits per heavy atom. The number of carbonyl (C=O) groups is 2. The van der Waals surface area contributed by atoms with Gasteiger partial charge in [-0.15, -0.1) is 11.3 Å². The molecule has 9 heteroatoms. The molecule has 192 valence electrons. The molecule has 4 aromatic rings. The van der Waals surface area contributed by atoms with E-state index in [1.165, 1.54) is 23.0 Å². The number of aldehydes is 1. The van der Waals surface area contributed by atoms with E-state index in [0.717, 1.165) is 11.8 Å². The van der Waals surface area contributed by atoms with Gasteiger partial charge in [-0.25, -0.2) is 4.79 Å². The molecule has 0 saturated carbocycles. The summed E-state index contributed by atoms with van der Waals surface area (Å²) in [7, 11) is 1.53. The molecule has 37 heavy (non-hydrogen) atoms. The summed E-state index contributed by atoms with van der Waals surface area (Å²) < 4.78 is 8.75. The van der Waals surface area contributed by atoms with Crippen molar-refractivity contribution in [2.24, 2.45) is 0 Å². The fourth-order valence-electron chi connectivity index (χ4n) is 4.27. The Morgan fingerprint density at radius 3 is 2.59 bits per heavy atom. The van der Waals surface area contributed by atoms with E-state index in [9.17, 15) is 19.2 Å². The Labute approximate surface area is 218 Å². The van der Waals surface area contributed by atoms with E-state index >= 15 is 0 Å². The first-order valence-corrected chi connectivity index (χ1v) is 13.0. The summed E-state index contributed by atoms with van der Waals surface area (Å²) in [4.78, 5) is 49.9. The summed E-state index contributed by atoms with van der Waals surface area (Å²) in [5, 5.41) is 4.70. The normalized spacial score (nSPS) is 10.9. The zero-order chi connectivity index (χ0) is 26.2. The fraction of sp³-hybridized carbons (Fsp3) is 0.286. The van der Waals surface area contributed by atoms with Gasteiger partial charge in [0.25, 0.3) is 5.56 Å². The molecule has 0 saturated heterocycles. The van der Waals surface area contributed by atoms with Crippen molar-refractivity contribution in [3.05, 3.63) is 97.5 Å². The Morgan fingerprint density at radius 2 is 1.84 bits per heavy atom. The number of carbonyl (C=O) groups excluding carboxylic acids is 2. The van der Waals surface area contributed by atoms with Crippen LogP contribution in [0.4, 0.5) is 0 Å². The lowest BCUT2D eigenvalue weighted by Gasteiger charge is -2.14. The summed E-state index contributed by atoms with van der Waals surface area (Å²) in [5.74, 6) is 0.541. The van der Waals surface area contributed by atoms with Crippen LogP contribution in [-0.4, -0.2) is 28.4 Å². The second-order valence-electron chi connectivity index (χ2n) is 8.72. The molecule has 0 aliphatic rings. The average Bonchev–Trinajstić information content (AvgIpc) is 3.42. The van der Waals surface area contributed by atoms with Crippen LogP contribution in [0, 0.1) is 0 Å². The fourth-order valence-corrected chi connectivity index (χ4v) is 5.11. The number of unbranched alkanes of at least 4 members (excludes halogenated alkanes) is 2. The largest absolute Gasteiger partial charge is 0.496 e. The molecule has 8 nitrogen and oxygen atoms in total. The van der Waals surface area contributed by atoms with Crippen molar-refractivity contribution >= 4 is 33.7 Å². The van der Waals surface area contributed by atoms with Gasteiger partial charge < -0.3 is 10.1 Å². The van der Waals surface area contributed by atoms with E-state index in [4.69, 9.17) is 4.74 Å². The molecule has 0 spiro atoms. The van der Waals surface area contributed by atoms with Gasteiger partial charge in [0.1, 0.15) is 16.7 Å². The van der Waals surface area contributed by atoms with Crippen LogP contribution in [0.1, 0.15) is 47.2 Å². The third-order valence-corrected chi connectivity index (χ3v) is 7.12. The lowest BCUT2D eigenvalue weighted by Crippen LogP contribution is -2.39. The Hall–Kier alpha value is -3.98. The smallest absolute Gasteiger partial charge is 0.331 e. The van der Waals surface area contributed by atoms with Gasteiger partial charge in [-0.1, -0.05) is 36.8 Å². The molecule has 2 aromatic carbocycles. The van der Waals surface area contributed by atoms with Crippen molar-refractivity contribution in [3.63, 3.8) is 0 Å². The van der Waals surface area contributed by atoms with Crippen LogP contribution in [0.3, 0.4) is 0 Å². The maximum Gasteiger partial charge on any atom is 0.331 e. The van der Waals surface area contributed by atoms with Crippen molar-refractivity contribution in [2.75, 3.05) is 7.11 Å². The van der Waals surface area contributed by atoms with E-state index in [1.54, 1.807) is 34.2 Å². The molecule has 2 heterocycles. The number of fused-ring (bicyclic) bond motifs is 1. The maximum absolute atomic E-state index is 13.4. The number of methoxy groups -OCH3 is 1. The minimum absolute atomic E-state index is 0.0186. The SMILES string of the molecule is COc1ccc(C=O)cc1Cn1c(=O)n(CCCCCC(=O)NCc2ccccc2)c(=O)c2sccc21. The molecule has 4 rings (SSSR count). The van der Waals surface area contributed by atoms with Crippen LogP contribution < -0.4 is 21.3 Å². The number of nitrogens with zero attached hydrogens (tertiary/aromatic N) is 2. The molecular weight excluding hydrogens is 490 g/mol. The van der Waals surface area contributed by atoms with Crippen LogP contribution in [-0.2, 0) is 24.4 Å². The number of hydrogen-bond acceptors (Lipinski definition) is 6. The number of benzene rings is 2. The second kappa shape index (κ2) is 12.3. The topological polar surface area (TPSA) is 99.4 Å². The van der Waals surface area contributed by atoms with E-state index < -0.39 is 5.69 Å². The molecular formula is C28H29N3O5S. The number of aromatic nitrogens is 2. The van der Waals surface area contributed by atoms with Gasteiger partial charge in [0.15, 0.2) is 0 Å². The second-order valence-corrected chi connectivity index (χ2v) is 9.64. The molecule has 0 radical (unpaired) electrons. The number of ether oxygens (including phenoxy) is 1. The van der Waals surface area contributed by atoms with Crippen LogP contribution in [0.15, 0.2) is 69.6 Å². The quantitative estimate of drug-likeness (QED) is 0.226. The zero-order valence-electron chi connectivity index (χ0n) is 20.6. The van der Waals surface area contributed by atoms with Gasteiger partial charge in [-0.3, -0.25) is 23.5 Å². The van der Waals surface area contributed by atoms with Crippen molar-refractivity contribution in [2.45, 2.75) is 45.3 Å². The summed E-state index contributed by atoms with van der Waals surface area (Å²) in [5.41, 5.74) is 2.05. The first-order chi connectivity index (χ1) is 18.0. The van der Waals surface area contributed by atoms with Crippen LogP contribution >= 0.6 is 11.3 Å². The van der Waals surface area contributed by atoms with Crippen LogP contribution in [0.25, 0.3) is 10.2 Å². The molecule has 1 amide bonds. The first-order valence-electron chi connectivity index (χ1n) is 12.2. The highest BCUT2D eigenvalue weighted by atomic mass is 32.1. The van der Waals surface area contributed by atoms with E-state index in [0.29, 0.717) is 59.3 Å². The standard InChI is InChI=1S/C28H29N3O5S/c1-36-24-12-11-21(19-32)16-22(24)18-31-23-13-15-37-26(23)27(34)30(28(31)35)14-7-3-6-10-25(33)29-17-20-8-4-2-5-9-20/h2,4-5,8-9,11-13,15-16,19H,3,6-7,10,14,17-18H2,1H3,(H,29,33). The summed E-state index contributed by atoms with van der Waals surface area (Å²) in [6.45, 7) is 0.928. The highest BCUT2D eigenvalue weighted by Crippen LogP contribution is 2.22. The van der Waals surface area contributed by atoms with Crippen LogP contribution in [0.2, 0.25) is 0 Å². The molecule has 0 unspecified atom stereocenters. The lowest BCUT2D eigenvalue weighted by molar-refractivity contribution is -0.121. The predicted octanol–water partition coefficient (Wildman–Crippen LogP) is 3.97. The van der Waals surface area contributed by atoms with Crippen molar-refractivity contribution in [1.29, 1.82) is 0 Å². The van der Waals surface area contributed by atoms with E-state index in [1.807, 2.05) is 30.3 Å². The Balaban J connectivity index is 1.43. The molecule has 1 N–H and O–H groups in total. The first kappa shape index (κ1) is 26.1. The van der Waals surface area contributed by atoms with Gasteiger partial charge in [-0.05, 0) is 48.1 Å². The van der Waals surface area contributed by atoms with Gasteiger partial charge in [0.05, 0.1) is 19.2 Å². The molecule has 0 aliphatic carbocycles. The Kier molecular flexibility index (Phi) is 8.68. The number of thiophene rings is 1. The third kappa shape index (κ3) is 6.24. The molecule has 0 fully saturated rings. The van der Waals surface area contributed by atoms with Crippen molar-refractivity contribution in [1.82, 2.24) is 14.5 Å². The zero-order valence-corrected chi connectivity index (χ0v) is 21.5. The predicted molar refractivity (Wildman–Crippen MR) is 145 cm³/mol.